The maximum absolute atomic E-state index is 13.8. The number of aryl methyl sites for hydroxylation is 3. The van der Waals surface area contributed by atoms with Crippen molar-refractivity contribution in [3.05, 3.63) is 106 Å². The normalized spacial score (nSPS) is 13.6. The molecular weight excluding hydrogens is 603 g/mol. The molecule has 2 amide bonds. The summed E-state index contributed by atoms with van der Waals surface area (Å²) < 4.78 is 35.7. The predicted molar refractivity (Wildman–Crippen MR) is 181 cm³/mol. The van der Waals surface area contributed by atoms with Crippen LogP contribution in [-0.4, -0.2) is 37.8 Å². The van der Waals surface area contributed by atoms with Gasteiger partial charge in [-0.1, -0.05) is 81.4 Å². The summed E-state index contributed by atoms with van der Waals surface area (Å²) in [6, 6.07) is 23.6. The van der Waals surface area contributed by atoms with E-state index in [9.17, 15) is 9.59 Å². The molecule has 2 heterocycles. The lowest BCUT2D eigenvalue weighted by Crippen LogP contribution is -2.67. The largest absolute Gasteiger partial charge is 0.488 e. The number of primary amides is 1. The van der Waals surface area contributed by atoms with Gasteiger partial charge in [-0.15, -0.1) is 11.3 Å². The molecule has 45 heavy (non-hydrogen) atoms. The predicted octanol–water partition coefficient (Wildman–Crippen LogP) is 5.55. The highest BCUT2D eigenvalue weighted by atomic mass is 32.1. The Hall–Kier alpha value is -4.25. The molecule has 1 atom stereocenters. The summed E-state index contributed by atoms with van der Waals surface area (Å²) in [5.74, 6) is -0.800. The number of furan rings is 1. The van der Waals surface area contributed by atoms with Crippen molar-refractivity contribution in [2.24, 2.45) is 5.73 Å². The van der Waals surface area contributed by atoms with Gasteiger partial charge < -0.3 is 24.6 Å². The minimum atomic E-state index is -3.02. The average Bonchev–Trinajstić information content (AvgIpc) is 3.53. The van der Waals surface area contributed by atoms with Crippen LogP contribution in [0.25, 0.3) is 11.0 Å². The number of ether oxygens (including phenoxy) is 1. The minimum Gasteiger partial charge on any atom is -0.488 e. The van der Waals surface area contributed by atoms with Gasteiger partial charge in [-0.3, -0.25) is 9.59 Å². The number of benzene rings is 3. The van der Waals surface area contributed by atoms with Crippen molar-refractivity contribution < 1.29 is 25.9 Å². The standard InChI is InChI=1S/C35H39N3O5SSi/c1-22-31(44-24(3)37-22)21-41-25-17-18-30-28(19-25)32(23(2)43-30)34(40)38-29(33(36)39)20-42-45(35(4,5)6,26-13-9-7-10-14-26)27-15-11-8-12-16-27/h7-19,29H,20-21H2,1-6H3,(H2,36,39)(H,38,40)/t29-/m0/s1/i21D2. The highest BCUT2D eigenvalue weighted by Crippen LogP contribution is 2.37. The molecule has 0 saturated carbocycles. The van der Waals surface area contributed by atoms with Crippen molar-refractivity contribution in [2.45, 2.75) is 59.2 Å². The SMILES string of the molecule is [2H]C([2H])(Oc1ccc2oc(C)c(C(=O)N[C@@H](CO[Si](c3ccccc3)(c3ccccc3)C(C)(C)C)C(N)=O)c2c1)c1sc(C)nc1C. The van der Waals surface area contributed by atoms with E-state index in [-0.39, 0.29) is 23.0 Å². The van der Waals surface area contributed by atoms with Crippen molar-refractivity contribution in [1.82, 2.24) is 10.3 Å². The van der Waals surface area contributed by atoms with Crippen molar-refractivity contribution in [3.8, 4) is 5.75 Å². The van der Waals surface area contributed by atoms with E-state index in [2.05, 4.69) is 31.1 Å². The summed E-state index contributed by atoms with van der Waals surface area (Å²) in [6.45, 7) is 9.26. The summed E-state index contributed by atoms with van der Waals surface area (Å²) in [4.78, 5) is 31.3. The van der Waals surface area contributed by atoms with Gasteiger partial charge in [-0.2, -0.15) is 0 Å². The second-order valence-electron chi connectivity index (χ2n) is 11.9. The van der Waals surface area contributed by atoms with Crippen molar-refractivity contribution in [2.75, 3.05) is 6.61 Å². The van der Waals surface area contributed by atoms with Gasteiger partial charge in [0.2, 0.25) is 5.91 Å². The average molecular weight is 644 g/mol. The first kappa shape index (κ1) is 29.5. The third kappa shape index (κ3) is 6.58. The van der Waals surface area contributed by atoms with Gasteiger partial charge in [-0.25, -0.2) is 4.98 Å². The van der Waals surface area contributed by atoms with Crippen molar-refractivity contribution in [3.63, 3.8) is 0 Å². The Morgan fingerprint density at radius 1 is 1.02 bits per heavy atom. The number of hydrogen-bond acceptors (Lipinski definition) is 7. The molecule has 0 saturated heterocycles. The van der Waals surface area contributed by atoms with Crippen LogP contribution in [0.3, 0.4) is 0 Å². The van der Waals surface area contributed by atoms with Crippen LogP contribution in [0.5, 0.6) is 5.75 Å². The van der Waals surface area contributed by atoms with Gasteiger partial charge in [0, 0.05) is 5.39 Å². The fourth-order valence-corrected chi connectivity index (χ4v) is 11.0. The number of thiazole rings is 1. The minimum absolute atomic E-state index is 0.147. The van der Waals surface area contributed by atoms with E-state index in [0.29, 0.717) is 27.3 Å². The molecule has 0 spiro atoms. The maximum atomic E-state index is 13.8. The Balaban J connectivity index is 1.45. The number of nitrogens with one attached hydrogen (secondary N) is 1. The summed E-state index contributed by atoms with van der Waals surface area (Å²) in [5, 5.41) is 5.63. The zero-order chi connectivity index (χ0) is 34.1. The summed E-state index contributed by atoms with van der Waals surface area (Å²) in [7, 11) is -3.02. The van der Waals surface area contributed by atoms with E-state index in [0.717, 1.165) is 15.4 Å². The van der Waals surface area contributed by atoms with E-state index in [1.54, 1.807) is 39.0 Å². The fraction of sp³-hybridized carbons (Fsp3) is 0.286. The van der Waals surface area contributed by atoms with Gasteiger partial charge in [0.05, 0.1) is 30.5 Å². The molecule has 234 valence electrons. The third-order valence-electron chi connectivity index (χ3n) is 7.76. The molecule has 10 heteroatoms. The van der Waals surface area contributed by atoms with E-state index >= 15 is 0 Å². The van der Waals surface area contributed by atoms with Crippen LogP contribution in [0, 0.1) is 20.8 Å². The molecule has 2 aromatic heterocycles. The van der Waals surface area contributed by atoms with Gasteiger partial charge >= 0.3 is 0 Å². The number of amides is 2. The molecule has 0 aliphatic carbocycles. The third-order valence-corrected chi connectivity index (χ3v) is 13.7. The Kier molecular flexibility index (Phi) is 8.51. The first-order chi connectivity index (χ1) is 22.1. The second kappa shape index (κ2) is 13.0. The fourth-order valence-electron chi connectivity index (χ4n) is 5.67. The maximum Gasteiger partial charge on any atom is 0.261 e. The lowest BCUT2D eigenvalue weighted by Gasteiger charge is -2.43. The molecular formula is C35H39N3O5SSi. The van der Waals surface area contributed by atoms with Gasteiger partial charge in [-0.05, 0) is 54.4 Å². The summed E-state index contributed by atoms with van der Waals surface area (Å²) in [5.41, 5.74) is 7.01. The van der Waals surface area contributed by atoms with E-state index in [1.807, 2.05) is 60.7 Å². The summed E-state index contributed by atoms with van der Waals surface area (Å²) in [6.07, 6.45) is 0. The number of rotatable bonds is 11. The Labute approximate surface area is 271 Å². The number of carbonyl (C=O) groups excluding carboxylic acids is 2. The molecule has 0 aliphatic rings. The second-order valence-corrected chi connectivity index (χ2v) is 17.5. The molecule has 0 fully saturated rings. The topological polar surface area (TPSA) is 117 Å². The lowest BCUT2D eigenvalue weighted by atomic mass is 10.1. The summed E-state index contributed by atoms with van der Waals surface area (Å²) >= 11 is 1.22. The van der Waals surface area contributed by atoms with Crippen molar-refractivity contribution in [1.29, 1.82) is 0 Å². The highest BCUT2D eigenvalue weighted by Gasteiger charge is 2.50. The number of nitrogens with two attached hydrogens (primary N) is 1. The molecule has 3 aromatic carbocycles. The van der Waals surface area contributed by atoms with Crippen LogP contribution in [0.15, 0.2) is 83.3 Å². The molecule has 8 nitrogen and oxygen atoms in total. The molecule has 5 rings (SSSR count). The number of nitrogens with zero attached hydrogens (tertiary/aromatic N) is 1. The number of hydrogen-bond donors (Lipinski definition) is 2. The van der Waals surface area contributed by atoms with Gasteiger partial charge in [0.25, 0.3) is 14.2 Å². The highest BCUT2D eigenvalue weighted by molar-refractivity contribution is 7.11. The van der Waals surface area contributed by atoms with Gasteiger partial charge in [0.1, 0.15) is 29.7 Å². The van der Waals surface area contributed by atoms with Crippen LogP contribution in [-0.2, 0) is 15.8 Å². The molecule has 0 radical (unpaired) electrons. The smallest absolute Gasteiger partial charge is 0.261 e. The molecule has 0 bridgehead atoms. The van der Waals surface area contributed by atoms with E-state index in [4.69, 9.17) is 22.1 Å². The molecule has 3 N–H and O–H groups in total. The first-order valence-electron chi connectivity index (χ1n) is 15.7. The van der Waals surface area contributed by atoms with E-state index in [1.165, 1.54) is 11.3 Å². The zero-order valence-electron chi connectivity index (χ0n) is 28.3. The number of aromatic nitrogens is 1. The number of carbonyl (C=O) groups is 2. The first-order valence-corrected chi connectivity index (χ1v) is 17.4. The van der Waals surface area contributed by atoms with Crippen LogP contribution in [0.2, 0.25) is 5.04 Å². The molecule has 5 aromatic rings. The Bertz CT molecular complexity index is 1870. The lowest BCUT2D eigenvalue weighted by molar-refractivity contribution is -0.120. The Morgan fingerprint density at radius 2 is 1.64 bits per heavy atom. The number of fused-ring (bicyclic) bond motifs is 1. The van der Waals surface area contributed by atoms with Gasteiger partial charge in [0.15, 0.2) is 0 Å². The molecule has 0 aliphatic heterocycles. The Morgan fingerprint density at radius 3 is 2.18 bits per heavy atom. The quantitative estimate of drug-likeness (QED) is 0.182. The van der Waals surface area contributed by atoms with Crippen LogP contribution >= 0.6 is 11.3 Å². The van der Waals surface area contributed by atoms with Crippen molar-refractivity contribution >= 4 is 52.8 Å². The van der Waals surface area contributed by atoms with Crippen LogP contribution in [0.4, 0.5) is 0 Å². The molecule has 0 unspecified atom stereocenters. The van der Waals surface area contributed by atoms with Crippen LogP contribution in [0.1, 0.15) is 55.2 Å². The zero-order valence-corrected chi connectivity index (χ0v) is 28.1. The monoisotopic (exact) mass is 643 g/mol. The van der Waals surface area contributed by atoms with Crippen LogP contribution < -0.4 is 26.2 Å². The van der Waals surface area contributed by atoms with E-state index < -0.39 is 32.7 Å².